The Kier molecular flexibility index (Phi) is 5.50. The Morgan fingerprint density at radius 2 is 2.00 bits per heavy atom. The van der Waals surface area contributed by atoms with E-state index in [4.69, 9.17) is 0 Å². The normalized spacial score (nSPS) is 15.0. The Bertz CT molecular complexity index is 922. The van der Waals surface area contributed by atoms with Gasteiger partial charge in [-0.1, -0.05) is 29.3 Å². The van der Waals surface area contributed by atoms with Crippen molar-refractivity contribution in [3.05, 3.63) is 45.7 Å². The number of hydrogen-bond donors (Lipinski definition) is 1. The molecule has 0 aliphatic carbocycles. The molecule has 1 aliphatic rings. The number of aromatic nitrogens is 2. The van der Waals surface area contributed by atoms with Crippen molar-refractivity contribution in [3.63, 3.8) is 0 Å². The van der Waals surface area contributed by atoms with Crippen molar-refractivity contribution in [3.8, 4) is 5.69 Å². The monoisotopic (exact) mass is 441 g/mol. The first kappa shape index (κ1) is 19.1. The lowest BCUT2D eigenvalue weighted by atomic mass is 10.1. The van der Waals surface area contributed by atoms with Crippen LogP contribution in [0, 0.1) is 0 Å². The molecule has 7 nitrogen and oxygen atoms in total. The Morgan fingerprint density at radius 3 is 2.62 bits per heavy atom. The van der Waals surface area contributed by atoms with Crippen LogP contribution in [-0.2, 0) is 23.0 Å². The van der Waals surface area contributed by atoms with Crippen molar-refractivity contribution in [1.82, 2.24) is 14.1 Å². The first-order chi connectivity index (χ1) is 12.3. The van der Waals surface area contributed by atoms with Crippen LogP contribution >= 0.6 is 15.9 Å². The summed E-state index contributed by atoms with van der Waals surface area (Å²) >= 11 is 3.37. The van der Waals surface area contributed by atoms with Crippen LogP contribution in [0.2, 0.25) is 0 Å². The van der Waals surface area contributed by atoms with Gasteiger partial charge in [-0.15, -0.1) is 0 Å². The molecule has 0 amide bonds. The van der Waals surface area contributed by atoms with Crippen LogP contribution in [0.25, 0.3) is 5.69 Å². The summed E-state index contributed by atoms with van der Waals surface area (Å²) in [5, 5.41) is 13.8. The number of carboxylic acids is 1. The van der Waals surface area contributed by atoms with Gasteiger partial charge in [-0.25, -0.2) is 17.9 Å². The number of hydrogen-bond acceptors (Lipinski definition) is 4. The van der Waals surface area contributed by atoms with E-state index in [2.05, 4.69) is 21.0 Å². The quantitative estimate of drug-likeness (QED) is 0.743. The van der Waals surface area contributed by atoms with Crippen LogP contribution in [0.3, 0.4) is 0 Å². The number of nitrogens with zero attached hydrogens (tertiary/aromatic N) is 3. The van der Waals surface area contributed by atoms with E-state index < -0.39 is 16.0 Å². The van der Waals surface area contributed by atoms with E-state index in [0.717, 1.165) is 22.3 Å². The second kappa shape index (κ2) is 7.50. The van der Waals surface area contributed by atoms with Crippen LogP contribution in [-0.4, -0.2) is 45.9 Å². The number of halogens is 1. The average Bonchev–Trinajstić information content (AvgIpc) is 3.00. The van der Waals surface area contributed by atoms with E-state index in [1.54, 1.807) is 4.68 Å². The molecule has 0 saturated carbocycles. The molecule has 1 aliphatic heterocycles. The second-order valence-electron chi connectivity index (χ2n) is 6.22. The summed E-state index contributed by atoms with van der Waals surface area (Å²) in [6.07, 6.45) is 1.81. The zero-order chi connectivity index (χ0) is 18.9. The number of unbranched alkanes of at least 4 members (excludes halogenated alkanes) is 1. The molecule has 0 spiro atoms. The minimum atomic E-state index is -3.39. The average molecular weight is 442 g/mol. The van der Waals surface area contributed by atoms with Gasteiger partial charge in [0.15, 0.2) is 5.69 Å². The molecule has 1 aromatic carbocycles. The van der Waals surface area contributed by atoms with Crippen molar-refractivity contribution in [1.29, 1.82) is 0 Å². The van der Waals surface area contributed by atoms with Gasteiger partial charge in [0.25, 0.3) is 0 Å². The number of sulfonamides is 1. The molecule has 0 saturated heterocycles. The number of fused-ring (bicyclic) bond motifs is 1. The molecule has 2 aromatic rings. The van der Waals surface area contributed by atoms with Gasteiger partial charge in [-0.2, -0.15) is 9.40 Å². The Balaban J connectivity index is 2.00. The number of carboxylic acid groups (broad SMARTS) is 1. The molecule has 140 valence electrons. The SMILES string of the molecule is CCCCS(=O)(=O)N1CCc2c(c(C(=O)O)nn2-c2ccc(Br)cc2)C1. The van der Waals surface area contributed by atoms with Crippen molar-refractivity contribution >= 4 is 31.9 Å². The van der Waals surface area contributed by atoms with Gasteiger partial charge in [0.05, 0.1) is 17.1 Å². The summed E-state index contributed by atoms with van der Waals surface area (Å²) in [6.45, 7) is 2.33. The first-order valence-corrected chi connectivity index (χ1v) is 10.8. The molecule has 1 aromatic heterocycles. The topological polar surface area (TPSA) is 92.5 Å². The fourth-order valence-electron chi connectivity index (χ4n) is 3.06. The minimum Gasteiger partial charge on any atom is -0.476 e. The van der Waals surface area contributed by atoms with Crippen molar-refractivity contribution in [2.45, 2.75) is 32.7 Å². The van der Waals surface area contributed by atoms with Gasteiger partial charge < -0.3 is 5.11 Å². The lowest BCUT2D eigenvalue weighted by molar-refractivity contribution is 0.0688. The van der Waals surface area contributed by atoms with Crippen LogP contribution in [0.5, 0.6) is 0 Å². The predicted octanol–water partition coefficient (Wildman–Crippen LogP) is 2.82. The molecule has 2 heterocycles. The molecule has 9 heteroatoms. The highest BCUT2D eigenvalue weighted by Gasteiger charge is 2.33. The molecule has 0 atom stereocenters. The minimum absolute atomic E-state index is 0.0551. The summed E-state index contributed by atoms with van der Waals surface area (Å²) in [4.78, 5) is 11.6. The number of rotatable bonds is 6. The summed E-state index contributed by atoms with van der Waals surface area (Å²) in [5.41, 5.74) is 1.90. The molecular formula is C17H20BrN3O4S. The summed E-state index contributed by atoms with van der Waals surface area (Å²) in [6, 6.07) is 7.39. The van der Waals surface area contributed by atoms with E-state index >= 15 is 0 Å². The zero-order valence-corrected chi connectivity index (χ0v) is 16.8. The van der Waals surface area contributed by atoms with Crippen LogP contribution in [0.4, 0.5) is 0 Å². The third-order valence-corrected chi connectivity index (χ3v) is 6.88. The fourth-order valence-corrected chi connectivity index (χ4v) is 4.93. The van der Waals surface area contributed by atoms with Gasteiger partial charge in [0, 0.05) is 29.5 Å². The number of carbonyl (C=O) groups is 1. The highest BCUT2D eigenvalue weighted by Crippen LogP contribution is 2.27. The maximum absolute atomic E-state index is 12.5. The van der Waals surface area contributed by atoms with E-state index in [9.17, 15) is 18.3 Å². The summed E-state index contributed by atoms with van der Waals surface area (Å²) in [7, 11) is -3.39. The molecule has 1 N–H and O–H groups in total. The lowest BCUT2D eigenvalue weighted by Gasteiger charge is -2.27. The van der Waals surface area contributed by atoms with Gasteiger partial charge in [-0.3, -0.25) is 0 Å². The van der Waals surface area contributed by atoms with Gasteiger partial charge >= 0.3 is 5.97 Å². The largest absolute Gasteiger partial charge is 0.476 e. The second-order valence-corrected chi connectivity index (χ2v) is 9.22. The highest BCUT2D eigenvalue weighted by atomic mass is 79.9. The van der Waals surface area contributed by atoms with E-state index in [-0.39, 0.29) is 18.0 Å². The predicted molar refractivity (Wildman–Crippen MR) is 101 cm³/mol. The number of aromatic carboxylic acids is 1. The third-order valence-electron chi connectivity index (χ3n) is 4.45. The molecule has 3 rings (SSSR count). The third kappa shape index (κ3) is 3.70. The van der Waals surface area contributed by atoms with Crippen LogP contribution in [0.15, 0.2) is 28.7 Å². The molecule has 0 fully saturated rings. The first-order valence-electron chi connectivity index (χ1n) is 8.41. The van der Waals surface area contributed by atoms with E-state index in [0.29, 0.717) is 24.9 Å². The van der Waals surface area contributed by atoms with E-state index in [1.165, 1.54) is 4.31 Å². The standard InChI is InChI=1S/C17H20BrN3O4S/c1-2-3-10-26(24,25)20-9-8-15-14(11-20)16(17(22)23)19-21(15)13-6-4-12(18)5-7-13/h4-7H,2-3,8-11H2,1H3,(H,22,23). The Hall–Kier alpha value is -1.71. The van der Waals surface area contributed by atoms with E-state index in [1.807, 2.05) is 31.2 Å². The van der Waals surface area contributed by atoms with Crippen LogP contribution < -0.4 is 0 Å². The molecule has 26 heavy (non-hydrogen) atoms. The maximum Gasteiger partial charge on any atom is 0.356 e. The van der Waals surface area contributed by atoms with Crippen molar-refractivity contribution < 1.29 is 18.3 Å². The molecule has 0 bridgehead atoms. The smallest absolute Gasteiger partial charge is 0.356 e. The van der Waals surface area contributed by atoms with Gasteiger partial charge in [0.1, 0.15) is 0 Å². The Morgan fingerprint density at radius 1 is 1.31 bits per heavy atom. The van der Waals surface area contributed by atoms with Gasteiger partial charge in [0.2, 0.25) is 10.0 Å². The molecule has 0 radical (unpaired) electrons. The fraction of sp³-hybridized carbons (Fsp3) is 0.412. The Labute approximate surface area is 160 Å². The van der Waals surface area contributed by atoms with Crippen molar-refractivity contribution in [2.24, 2.45) is 0 Å². The number of benzene rings is 1. The maximum atomic E-state index is 12.5. The molecular weight excluding hydrogens is 422 g/mol. The summed E-state index contributed by atoms with van der Waals surface area (Å²) < 4.78 is 28.9. The molecule has 0 unspecified atom stereocenters. The summed E-state index contributed by atoms with van der Waals surface area (Å²) in [5.74, 6) is -1.06. The lowest BCUT2D eigenvalue weighted by Crippen LogP contribution is -2.38. The van der Waals surface area contributed by atoms with Crippen molar-refractivity contribution in [2.75, 3.05) is 12.3 Å². The van der Waals surface area contributed by atoms with Crippen LogP contribution in [0.1, 0.15) is 41.5 Å². The van der Waals surface area contributed by atoms with Gasteiger partial charge in [-0.05, 0) is 30.7 Å². The highest BCUT2D eigenvalue weighted by molar-refractivity contribution is 9.10. The zero-order valence-electron chi connectivity index (χ0n) is 14.4.